The summed E-state index contributed by atoms with van der Waals surface area (Å²) >= 11 is 0. The molecule has 22 heavy (non-hydrogen) atoms. The molecule has 1 aliphatic heterocycles. The van der Waals surface area contributed by atoms with Crippen LogP contribution >= 0.6 is 0 Å². The van der Waals surface area contributed by atoms with Gasteiger partial charge in [0.15, 0.2) is 5.79 Å². The van der Waals surface area contributed by atoms with Crippen molar-refractivity contribution in [3.63, 3.8) is 0 Å². The molecule has 2 aliphatic carbocycles. The highest BCUT2D eigenvalue weighted by Crippen LogP contribution is 2.53. The van der Waals surface area contributed by atoms with Crippen molar-refractivity contribution in [1.29, 1.82) is 0 Å². The average molecular weight is 321 g/mol. The fourth-order valence-electron chi connectivity index (χ4n) is 4.75. The van der Waals surface area contributed by atoms with Crippen LogP contribution in [0.5, 0.6) is 0 Å². The number of hydrogen-bond acceptors (Lipinski definition) is 3. The third-order valence-electron chi connectivity index (χ3n) is 6.24. The molecule has 2 fully saturated rings. The number of rotatable bonds is 1. The molecule has 2 atom stereocenters. The predicted molar refractivity (Wildman–Crippen MR) is 89.2 cm³/mol. The number of hydrogen-bond donors (Lipinski definition) is 0. The summed E-state index contributed by atoms with van der Waals surface area (Å²) < 4.78 is 18.0. The Kier molecular flexibility index (Phi) is 3.21. The van der Waals surface area contributed by atoms with Crippen molar-refractivity contribution >= 4 is 13.3 Å². The van der Waals surface area contributed by atoms with Gasteiger partial charge in [-0.05, 0) is 34.9 Å². The first-order chi connectivity index (χ1) is 10.3. The standard InChI is InChI=1S/C18H28O3Si/c1-17-5-6-18(20-7-8-21-18)10-13(17)9-14-15(11-17)19-12-16(14)22(2,3)4/h12-13H,5-11H2,1-4H3/t13-,17-/m1/s1. The molecule has 0 bridgehead atoms. The minimum Gasteiger partial charge on any atom is -0.469 e. The first-order valence-corrected chi connectivity index (χ1v) is 12.2. The SMILES string of the molecule is C[C@]12CCC3(C[C@H]1Cc1c([Si](C)(C)C)coc1C2)OCCO3. The van der Waals surface area contributed by atoms with Gasteiger partial charge >= 0.3 is 0 Å². The number of ether oxygens (including phenoxy) is 2. The van der Waals surface area contributed by atoms with Crippen LogP contribution in [-0.2, 0) is 22.3 Å². The Bertz CT molecular complexity index is 580. The molecule has 1 saturated carbocycles. The zero-order chi connectivity index (χ0) is 15.6. The quantitative estimate of drug-likeness (QED) is 0.743. The Labute approximate surface area is 134 Å². The molecule has 4 rings (SSSR count). The van der Waals surface area contributed by atoms with Crippen LogP contribution in [0, 0.1) is 11.3 Å². The second-order valence-electron chi connectivity index (χ2n) is 8.84. The Hall–Kier alpha value is -0.583. The molecule has 2 heterocycles. The van der Waals surface area contributed by atoms with Crippen LogP contribution in [0.2, 0.25) is 19.6 Å². The third-order valence-corrected chi connectivity index (χ3v) is 8.27. The van der Waals surface area contributed by atoms with Crippen molar-refractivity contribution < 1.29 is 13.9 Å². The van der Waals surface area contributed by atoms with Gasteiger partial charge in [-0.15, -0.1) is 0 Å². The highest BCUT2D eigenvalue weighted by molar-refractivity contribution is 6.89. The molecule has 122 valence electrons. The van der Waals surface area contributed by atoms with Gasteiger partial charge in [-0.1, -0.05) is 26.6 Å². The lowest BCUT2D eigenvalue weighted by atomic mass is 9.59. The topological polar surface area (TPSA) is 31.6 Å². The van der Waals surface area contributed by atoms with E-state index in [-0.39, 0.29) is 5.79 Å². The van der Waals surface area contributed by atoms with E-state index in [0.717, 1.165) is 38.9 Å². The van der Waals surface area contributed by atoms with E-state index in [0.29, 0.717) is 11.3 Å². The molecule has 0 N–H and O–H groups in total. The van der Waals surface area contributed by atoms with Crippen molar-refractivity contribution in [1.82, 2.24) is 0 Å². The maximum atomic E-state index is 6.02. The zero-order valence-electron chi connectivity index (χ0n) is 14.3. The predicted octanol–water partition coefficient (Wildman–Crippen LogP) is 3.47. The van der Waals surface area contributed by atoms with Gasteiger partial charge in [0.2, 0.25) is 0 Å². The van der Waals surface area contributed by atoms with Gasteiger partial charge < -0.3 is 13.9 Å². The molecule has 3 nitrogen and oxygen atoms in total. The molecular formula is C18H28O3Si. The monoisotopic (exact) mass is 320 g/mol. The van der Waals surface area contributed by atoms with E-state index in [1.807, 2.05) is 0 Å². The van der Waals surface area contributed by atoms with Crippen LogP contribution in [0.15, 0.2) is 10.7 Å². The molecule has 0 radical (unpaired) electrons. The van der Waals surface area contributed by atoms with Crippen molar-refractivity contribution in [2.75, 3.05) is 13.2 Å². The molecule has 1 aromatic heterocycles. The van der Waals surface area contributed by atoms with Crippen molar-refractivity contribution in [2.24, 2.45) is 11.3 Å². The average Bonchev–Trinajstić information content (AvgIpc) is 3.03. The summed E-state index contributed by atoms with van der Waals surface area (Å²) in [6.07, 6.45) is 7.58. The minimum absolute atomic E-state index is 0.273. The zero-order valence-corrected chi connectivity index (χ0v) is 15.3. The van der Waals surface area contributed by atoms with E-state index >= 15 is 0 Å². The van der Waals surface area contributed by atoms with E-state index in [2.05, 4.69) is 32.8 Å². The highest BCUT2D eigenvalue weighted by Gasteiger charge is 2.52. The van der Waals surface area contributed by atoms with Gasteiger partial charge in [-0.3, -0.25) is 0 Å². The lowest BCUT2D eigenvalue weighted by Crippen LogP contribution is -2.49. The minimum atomic E-state index is -1.34. The number of furan rings is 1. The van der Waals surface area contributed by atoms with Gasteiger partial charge in [-0.25, -0.2) is 0 Å². The normalized spacial score (nSPS) is 33.7. The van der Waals surface area contributed by atoms with Crippen LogP contribution in [0.1, 0.15) is 37.5 Å². The van der Waals surface area contributed by atoms with Crippen LogP contribution in [0.25, 0.3) is 0 Å². The summed E-state index contributed by atoms with van der Waals surface area (Å²) in [6.45, 7) is 11.2. The molecule has 1 spiro atoms. The molecule has 1 aromatic rings. The maximum absolute atomic E-state index is 6.02. The van der Waals surface area contributed by atoms with Crippen LogP contribution in [0.3, 0.4) is 0 Å². The Balaban J connectivity index is 1.67. The summed E-state index contributed by atoms with van der Waals surface area (Å²) in [5, 5.41) is 1.53. The summed E-state index contributed by atoms with van der Waals surface area (Å²) in [5.41, 5.74) is 1.87. The lowest BCUT2D eigenvalue weighted by Gasteiger charge is -2.50. The van der Waals surface area contributed by atoms with Crippen LogP contribution < -0.4 is 5.19 Å². The van der Waals surface area contributed by atoms with Crippen molar-refractivity contribution in [3.8, 4) is 0 Å². The summed E-state index contributed by atoms with van der Waals surface area (Å²) in [5.74, 6) is 1.64. The fourth-order valence-corrected chi connectivity index (χ4v) is 6.31. The van der Waals surface area contributed by atoms with E-state index < -0.39 is 8.07 Å². The number of fused-ring (bicyclic) bond motifs is 2. The molecule has 0 unspecified atom stereocenters. The lowest BCUT2D eigenvalue weighted by molar-refractivity contribution is -0.207. The van der Waals surface area contributed by atoms with Gasteiger partial charge in [-0.2, -0.15) is 0 Å². The van der Waals surface area contributed by atoms with Crippen molar-refractivity contribution in [3.05, 3.63) is 17.6 Å². The summed E-state index contributed by atoms with van der Waals surface area (Å²) in [6, 6.07) is 0. The maximum Gasteiger partial charge on any atom is 0.168 e. The molecule has 0 amide bonds. The molecular weight excluding hydrogens is 292 g/mol. The third kappa shape index (κ3) is 2.22. The van der Waals surface area contributed by atoms with Gasteiger partial charge in [0, 0.05) is 19.3 Å². The summed E-state index contributed by atoms with van der Waals surface area (Å²) in [7, 11) is -1.34. The molecule has 0 aromatic carbocycles. The van der Waals surface area contributed by atoms with Gasteiger partial charge in [0.05, 0.1) is 27.6 Å². The Morgan fingerprint density at radius 3 is 2.55 bits per heavy atom. The van der Waals surface area contributed by atoms with Crippen LogP contribution in [0.4, 0.5) is 0 Å². The highest BCUT2D eigenvalue weighted by atomic mass is 28.3. The molecule has 3 aliphatic rings. The van der Waals surface area contributed by atoms with Crippen molar-refractivity contribution in [2.45, 2.75) is 64.5 Å². The molecule has 4 heteroatoms. The van der Waals surface area contributed by atoms with E-state index in [9.17, 15) is 0 Å². The fraction of sp³-hybridized carbons (Fsp3) is 0.778. The van der Waals surface area contributed by atoms with Gasteiger partial charge in [0.25, 0.3) is 0 Å². The summed E-state index contributed by atoms with van der Waals surface area (Å²) in [4.78, 5) is 0. The van der Waals surface area contributed by atoms with Gasteiger partial charge in [0.1, 0.15) is 5.76 Å². The van der Waals surface area contributed by atoms with E-state index in [1.54, 1.807) is 0 Å². The Morgan fingerprint density at radius 2 is 1.86 bits per heavy atom. The Morgan fingerprint density at radius 1 is 1.14 bits per heavy atom. The molecule has 1 saturated heterocycles. The largest absolute Gasteiger partial charge is 0.469 e. The first-order valence-electron chi connectivity index (χ1n) is 8.69. The van der Waals surface area contributed by atoms with E-state index in [1.165, 1.54) is 22.9 Å². The first kappa shape index (κ1) is 15.0. The second-order valence-corrected chi connectivity index (χ2v) is 13.9. The smallest absolute Gasteiger partial charge is 0.168 e. The van der Waals surface area contributed by atoms with E-state index in [4.69, 9.17) is 13.9 Å². The second kappa shape index (κ2) is 4.71. The van der Waals surface area contributed by atoms with Crippen LogP contribution in [-0.4, -0.2) is 27.1 Å².